The lowest BCUT2D eigenvalue weighted by atomic mass is 9.92. The van der Waals surface area contributed by atoms with E-state index in [-0.39, 0.29) is 58.6 Å². The number of halogens is 1. The van der Waals surface area contributed by atoms with Gasteiger partial charge in [-0.25, -0.2) is 4.79 Å². The first-order valence-electron chi connectivity index (χ1n) is 20.6. The smallest absolute Gasteiger partial charge is 0.320 e. The van der Waals surface area contributed by atoms with E-state index in [1.165, 1.54) is 0 Å². The summed E-state index contributed by atoms with van der Waals surface area (Å²) in [5, 5.41) is 25.5. The van der Waals surface area contributed by atoms with Gasteiger partial charge in [-0.2, -0.15) is 0 Å². The van der Waals surface area contributed by atoms with Crippen LogP contribution in [0.15, 0.2) is 42.5 Å². The van der Waals surface area contributed by atoms with Gasteiger partial charge in [0.15, 0.2) is 5.82 Å². The van der Waals surface area contributed by atoms with Crippen molar-refractivity contribution in [3.63, 3.8) is 0 Å². The highest BCUT2D eigenvalue weighted by Crippen LogP contribution is 2.41. The summed E-state index contributed by atoms with van der Waals surface area (Å²) in [6.07, 6.45) is 2.69. The molecule has 4 saturated heterocycles. The molecule has 6 aliphatic rings. The second-order valence-electron chi connectivity index (χ2n) is 17.3. The molecule has 2 unspecified atom stereocenters. The van der Waals surface area contributed by atoms with Gasteiger partial charge < -0.3 is 34.9 Å². The quantitative estimate of drug-likeness (QED) is 0.320. The van der Waals surface area contributed by atoms with E-state index in [9.17, 15) is 24.3 Å². The van der Waals surface area contributed by atoms with Crippen molar-refractivity contribution in [1.29, 1.82) is 0 Å². The Bertz CT molecular complexity index is 2150. The van der Waals surface area contributed by atoms with Crippen molar-refractivity contribution in [2.75, 3.05) is 74.0 Å². The number of urea groups is 1. The molecule has 1 aromatic heterocycles. The number of nitrogens with zero attached hydrogens (tertiary/aromatic N) is 8. The van der Waals surface area contributed by atoms with Crippen molar-refractivity contribution in [2.45, 2.75) is 76.7 Å². The number of phenolic OH excluding ortho intramolecular Hbond substituents is 1. The number of carbonyl (C=O) groups excluding carboxylic acids is 4. The number of nitrogens with one attached hydrogen (secondary N) is 2. The maximum atomic E-state index is 14.3. The van der Waals surface area contributed by atoms with E-state index in [0.717, 1.165) is 62.5 Å². The fraction of sp³-hybridized carbons (Fsp3) is 0.524. The van der Waals surface area contributed by atoms with Gasteiger partial charge in [-0.15, -0.1) is 10.2 Å². The number of aromatic hydroxyl groups is 1. The molecule has 3 aromatic rings. The minimum absolute atomic E-state index is 0.0247. The van der Waals surface area contributed by atoms with Crippen LogP contribution in [0.3, 0.4) is 0 Å². The number of amides is 5. The highest BCUT2D eigenvalue weighted by Gasteiger charge is 2.46. The fourth-order valence-corrected chi connectivity index (χ4v) is 10.4. The zero-order valence-corrected chi connectivity index (χ0v) is 34.0. The summed E-state index contributed by atoms with van der Waals surface area (Å²) in [6, 6.07) is 12.8. The molecule has 3 N–H and O–H groups in total. The number of rotatable bonds is 5. The number of carbonyl (C=O) groups is 4. The molecule has 9 rings (SSSR count). The monoisotopic (exact) mass is 810 g/mol. The highest BCUT2D eigenvalue weighted by atomic mass is 35.5. The van der Waals surface area contributed by atoms with Crippen LogP contribution in [0.5, 0.6) is 5.75 Å². The molecular formula is C42H51ClN10O5. The van der Waals surface area contributed by atoms with Gasteiger partial charge in [0.2, 0.25) is 11.8 Å². The summed E-state index contributed by atoms with van der Waals surface area (Å²) in [7, 11) is 0. The number of piperidine rings is 2. The van der Waals surface area contributed by atoms with Gasteiger partial charge in [0.25, 0.3) is 5.91 Å². The molecule has 2 aromatic carbocycles. The molecule has 0 spiro atoms. The predicted octanol–water partition coefficient (Wildman–Crippen LogP) is 4.00. The standard InChI is InChI=1S/C42H51ClN10O5/c1-25-19-48(21-27-11-13-49(14-12-27)29-8-7-28-22-51(40(57)31(28)17-29)34-9-10-36(54)45-39(34)56)20-26(2)53(25)41(58)50-15-16-52-35-18-33(30-5-4-6-32(43)37(30)55)46-47-38(35)44-23-42(52,3)24-50/h4-8,17-18,25-27,34,55H,9-16,19-24H2,1-3H3,(H,44,47)(H,45,54,56)/t25-,26+,34?,42?. The molecule has 16 heteroatoms. The number of aromatic nitrogens is 2. The van der Waals surface area contributed by atoms with Crippen molar-refractivity contribution in [3.05, 3.63) is 58.6 Å². The molecule has 4 atom stereocenters. The molecular weight excluding hydrogens is 760 g/mol. The van der Waals surface area contributed by atoms with Crippen molar-refractivity contribution < 1.29 is 24.3 Å². The minimum Gasteiger partial charge on any atom is -0.506 e. The van der Waals surface area contributed by atoms with E-state index in [2.05, 4.69) is 67.3 Å². The second kappa shape index (κ2) is 14.9. The van der Waals surface area contributed by atoms with Gasteiger partial charge in [-0.3, -0.25) is 24.6 Å². The van der Waals surface area contributed by atoms with Gasteiger partial charge in [0.1, 0.15) is 11.8 Å². The number of benzene rings is 2. The van der Waals surface area contributed by atoms with Gasteiger partial charge in [0.05, 0.1) is 21.9 Å². The summed E-state index contributed by atoms with van der Waals surface area (Å²) in [4.78, 5) is 64.8. The Kier molecular flexibility index (Phi) is 9.86. The minimum atomic E-state index is -0.612. The van der Waals surface area contributed by atoms with Crippen LogP contribution in [0.2, 0.25) is 5.02 Å². The van der Waals surface area contributed by atoms with Crippen LogP contribution in [0.4, 0.5) is 22.0 Å². The van der Waals surface area contributed by atoms with E-state index >= 15 is 0 Å². The van der Waals surface area contributed by atoms with Crippen LogP contribution < -0.4 is 20.4 Å². The van der Waals surface area contributed by atoms with Gasteiger partial charge >= 0.3 is 6.03 Å². The summed E-state index contributed by atoms with van der Waals surface area (Å²) in [5.41, 5.74) is 4.18. The number of para-hydroxylation sites is 1. The Hall–Kier alpha value is -5.15. The lowest BCUT2D eigenvalue weighted by Crippen LogP contribution is -2.69. The van der Waals surface area contributed by atoms with E-state index in [0.29, 0.717) is 67.7 Å². The average Bonchev–Trinajstić information content (AvgIpc) is 3.53. The first-order valence-corrected chi connectivity index (χ1v) is 20.9. The first kappa shape index (κ1) is 38.4. The number of hydrogen-bond acceptors (Lipinski definition) is 11. The van der Waals surface area contributed by atoms with Crippen LogP contribution in [0.1, 0.15) is 62.4 Å². The second-order valence-corrected chi connectivity index (χ2v) is 17.7. The van der Waals surface area contributed by atoms with Crippen molar-refractivity contribution >= 4 is 52.5 Å². The lowest BCUT2D eigenvalue weighted by molar-refractivity contribution is -0.136. The summed E-state index contributed by atoms with van der Waals surface area (Å²) >= 11 is 6.20. The number of piperazine rings is 2. The molecule has 0 aliphatic carbocycles. The average molecular weight is 811 g/mol. The highest BCUT2D eigenvalue weighted by molar-refractivity contribution is 6.32. The Labute approximate surface area is 343 Å². The van der Waals surface area contributed by atoms with Crippen LogP contribution >= 0.6 is 11.6 Å². The third kappa shape index (κ3) is 6.85. The summed E-state index contributed by atoms with van der Waals surface area (Å²) in [6.45, 7) is 13.8. The Morgan fingerprint density at radius 1 is 0.966 bits per heavy atom. The Balaban J connectivity index is 0.783. The lowest BCUT2D eigenvalue weighted by Gasteiger charge is -2.54. The van der Waals surface area contributed by atoms with Crippen molar-refractivity contribution in [3.8, 4) is 17.0 Å². The van der Waals surface area contributed by atoms with Gasteiger partial charge in [-0.05, 0) is 81.8 Å². The van der Waals surface area contributed by atoms with Crippen LogP contribution in [0, 0.1) is 5.92 Å². The molecule has 15 nitrogen and oxygen atoms in total. The zero-order valence-electron chi connectivity index (χ0n) is 33.3. The van der Waals surface area contributed by atoms with Crippen molar-refractivity contribution in [2.24, 2.45) is 5.92 Å². The molecule has 0 bridgehead atoms. The fourth-order valence-electron chi connectivity index (χ4n) is 10.2. The predicted molar refractivity (Wildman–Crippen MR) is 220 cm³/mol. The summed E-state index contributed by atoms with van der Waals surface area (Å²) < 4.78 is 0. The largest absolute Gasteiger partial charge is 0.506 e. The SMILES string of the molecule is C[C@@H]1CN(CC2CCN(c3ccc4c(c3)C(=O)N(C3CCC(=O)NC3=O)C4)CC2)C[C@H](C)N1C(=O)N1CCN2c3cc(-c4cccc(Cl)c4O)nnc3NCC2(C)C1. The van der Waals surface area contributed by atoms with E-state index in [1.54, 1.807) is 23.1 Å². The number of phenols is 1. The molecule has 0 saturated carbocycles. The summed E-state index contributed by atoms with van der Waals surface area (Å²) in [5.74, 6) is 0.388. The zero-order chi connectivity index (χ0) is 40.5. The molecule has 306 valence electrons. The van der Waals surface area contributed by atoms with Crippen molar-refractivity contribution in [1.82, 2.24) is 35.1 Å². The molecule has 58 heavy (non-hydrogen) atoms. The van der Waals surface area contributed by atoms with Crippen LogP contribution in [-0.2, 0) is 16.1 Å². The third-order valence-corrected chi connectivity index (χ3v) is 13.5. The molecule has 5 amide bonds. The first-order chi connectivity index (χ1) is 27.9. The van der Waals surface area contributed by atoms with E-state index < -0.39 is 6.04 Å². The normalized spacial score (nSPS) is 26.6. The topological polar surface area (TPSA) is 158 Å². The van der Waals surface area contributed by atoms with Gasteiger partial charge in [0, 0.05) is 101 Å². The maximum Gasteiger partial charge on any atom is 0.320 e. The Morgan fingerprint density at radius 2 is 1.74 bits per heavy atom. The van der Waals surface area contributed by atoms with E-state index in [4.69, 9.17) is 11.6 Å². The van der Waals surface area contributed by atoms with Gasteiger partial charge in [-0.1, -0.05) is 23.7 Å². The van der Waals surface area contributed by atoms with Crippen LogP contribution in [-0.4, -0.2) is 141 Å². The third-order valence-electron chi connectivity index (χ3n) is 13.2. The molecule has 6 aliphatic heterocycles. The Morgan fingerprint density at radius 3 is 2.50 bits per heavy atom. The number of imide groups is 1. The molecule has 0 radical (unpaired) electrons. The molecule has 7 heterocycles. The molecule has 4 fully saturated rings. The number of hydrogen-bond donors (Lipinski definition) is 3. The number of anilines is 3. The van der Waals surface area contributed by atoms with Crippen LogP contribution in [0.25, 0.3) is 11.3 Å². The number of fused-ring (bicyclic) bond motifs is 4. The van der Waals surface area contributed by atoms with E-state index in [1.807, 2.05) is 23.1 Å². The maximum absolute atomic E-state index is 14.3.